The molecule has 1 aliphatic heterocycles. The first-order valence-corrected chi connectivity index (χ1v) is 10.5. The van der Waals surface area contributed by atoms with E-state index in [1.54, 1.807) is 14.2 Å². The highest BCUT2D eigenvalue weighted by molar-refractivity contribution is 7.91. The molecule has 1 heterocycles. The van der Waals surface area contributed by atoms with Gasteiger partial charge in [-0.2, -0.15) is 0 Å². The number of rotatable bonds is 7. The Balaban J connectivity index is 1.68. The molecule has 1 aromatic carbocycles. The van der Waals surface area contributed by atoms with E-state index in [9.17, 15) is 13.2 Å². The van der Waals surface area contributed by atoms with Crippen LogP contribution in [-0.4, -0.2) is 46.1 Å². The summed E-state index contributed by atoms with van der Waals surface area (Å²) in [6.45, 7) is 0. The van der Waals surface area contributed by atoms with Crippen molar-refractivity contribution in [2.45, 2.75) is 37.6 Å². The zero-order valence-corrected chi connectivity index (χ0v) is 15.5. The number of carbonyl (C=O) groups is 1. The first kappa shape index (κ1) is 18.0. The quantitative estimate of drug-likeness (QED) is 0.796. The maximum atomic E-state index is 12.4. The number of hydrogen-bond acceptors (Lipinski definition) is 5. The van der Waals surface area contributed by atoms with Crippen LogP contribution in [0.2, 0.25) is 0 Å². The molecule has 7 heteroatoms. The minimum absolute atomic E-state index is 0.0587. The summed E-state index contributed by atoms with van der Waals surface area (Å²) >= 11 is 0. The number of nitrogens with one attached hydrogen (secondary N) is 1. The predicted octanol–water partition coefficient (Wildman–Crippen LogP) is 1.89. The van der Waals surface area contributed by atoms with Crippen LogP contribution in [0.3, 0.4) is 0 Å². The van der Waals surface area contributed by atoms with Gasteiger partial charge in [-0.3, -0.25) is 4.79 Å². The number of ether oxygens (including phenoxy) is 2. The van der Waals surface area contributed by atoms with Gasteiger partial charge in [-0.1, -0.05) is 6.07 Å². The second kappa shape index (κ2) is 7.23. The Morgan fingerprint density at radius 2 is 1.92 bits per heavy atom. The van der Waals surface area contributed by atoms with Crippen LogP contribution in [0.4, 0.5) is 0 Å². The molecule has 0 spiro atoms. The molecule has 138 valence electrons. The van der Waals surface area contributed by atoms with Crippen LogP contribution in [-0.2, 0) is 14.6 Å². The topological polar surface area (TPSA) is 81.7 Å². The van der Waals surface area contributed by atoms with Crippen molar-refractivity contribution in [1.29, 1.82) is 0 Å². The van der Waals surface area contributed by atoms with Gasteiger partial charge in [0.05, 0.1) is 25.7 Å². The molecule has 6 nitrogen and oxygen atoms in total. The SMILES string of the molecule is COc1ccc(C(CC(=O)NC2CCS(=O)(=O)C2)C2CC2)cc1OC. The van der Waals surface area contributed by atoms with Crippen LogP contribution in [0, 0.1) is 5.92 Å². The largest absolute Gasteiger partial charge is 0.493 e. The number of amides is 1. The fourth-order valence-corrected chi connectivity index (χ4v) is 5.21. The Morgan fingerprint density at radius 3 is 2.48 bits per heavy atom. The lowest BCUT2D eigenvalue weighted by Gasteiger charge is -2.19. The second-order valence-corrected chi connectivity index (χ2v) is 9.16. The van der Waals surface area contributed by atoms with Crippen molar-refractivity contribution in [1.82, 2.24) is 5.32 Å². The highest BCUT2D eigenvalue weighted by Gasteiger charge is 2.35. The molecule has 1 aromatic rings. The standard InChI is InChI=1S/C18H25NO5S/c1-23-16-6-5-13(9-17(16)24-2)15(12-3-4-12)10-18(20)19-14-7-8-25(21,22)11-14/h5-6,9,12,14-15H,3-4,7-8,10-11H2,1-2H3,(H,19,20). The van der Waals surface area contributed by atoms with Gasteiger partial charge < -0.3 is 14.8 Å². The Labute approximate surface area is 148 Å². The minimum atomic E-state index is -2.99. The van der Waals surface area contributed by atoms with E-state index >= 15 is 0 Å². The molecule has 2 unspecified atom stereocenters. The van der Waals surface area contributed by atoms with Gasteiger partial charge in [0.2, 0.25) is 5.91 Å². The molecule has 0 radical (unpaired) electrons. The smallest absolute Gasteiger partial charge is 0.220 e. The average Bonchev–Trinajstić information content (AvgIpc) is 3.36. The van der Waals surface area contributed by atoms with E-state index in [4.69, 9.17) is 9.47 Å². The minimum Gasteiger partial charge on any atom is -0.493 e. The van der Waals surface area contributed by atoms with Gasteiger partial charge >= 0.3 is 0 Å². The van der Waals surface area contributed by atoms with Crippen molar-refractivity contribution >= 4 is 15.7 Å². The Morgan fingerprint density at radius 1 is 1.20 bits per heavy atom. The summed E-state index contributed by atoms with van der Waals surface area (Å²) in [4.78, 5) is 12.4. The Kier molecular flexibility index (Phi) is 5.22. The molecule has 1 saturated carbocycles. The summed E-state index contributed by atoms with van der Waals surface area (Å²) in [6.07, 6.45) is 3.11. The molecule has 1 saturated heterocycles. The number of benzene rings is 1. The zero-order valence-electron chi connectivity index (χ0n) is 14.7. The van der Waals surface area contributed by atoms with Crippen LogP contribution >= 0.6 is 0 Å². The molecule has 0 bridgehead atoms. The van der Waals surface area contributed by atoms with Crippen molar-refractivity contribution in [3.8, 4) is 11.5 Å². The van der Waals surface area contributed by atoms with Crippen molar-refractivity contribution in [2.75, 3.05) is 25.7 Å². The van der Waals surface area contributed by atoms with Crippen molar-refractivity contribution in [3.63, 3.8) is 0 Å². The van der Waals surface area contributed by atoms with Crippen LogP contribution in [0.1, 0.15) is 37.2 Å². The van der Waals surface area contributed by atoms with Gasteiger partial charge in [0.1, 0.15) is 0 Å². The van der Waals surface area contributed by atoms with Gasteiger partial charge in [0.15, 0.2) is 21.3 Å². The first-order chi connectivity index (χ1) is 11.9. The molecule has 25 heavy (non-hydrogen) atoms. The van der Waals surface area contributed by atoms with Gasteiger partial charge in [-0.05, 0) is 48.8 Å². The third-order valence-corrected chi connectivity index (χ3v) is 6.80. The lowest BCUT2D eigenvalue weighted by molar-refractivity contribution is -0.122. The third-order valence-electron chi connectivity index (χ3n) is 5.03. The zero-order chi connectivity index (χ0) is 18.0. The summed E-state index contributed by atoms with van der Waals surface area (Å²) in [5.74, 6) is 2.10. The van der Waals surface area contributed by atoms with Gasteiger partial charge in [-0.25, -0.2) is 8.42 Å². The molecular formula is C18H25NO5S. The highest BCUT2D eigenvalue weighted by Crippen LogP contribution is 2.46. The maximum Gasteiger partial charge on any atom is 0.220 e. The van der Waals surface area contributed by atoms with E-state index in [0.29, 0.717) is 30.3 Å². The van der Waals surface area contributed by atoms with Crippen molar-refractivity contribution in [2.24, 2.45) is 5.92 Å². The highest BCUT2D eigenvalue weighted by atomic mass is 32.2. The molecule has 1 aliphatic carbocycles. The van der Waals surface area contributed by atoms with E-state index in [0.717, 1.165) is 18.4 Å². The summed E-state index contributed by atoms with van der Waals surface area (Å²) in [5, 5.41) is 2.89. The summed E-state index contributed by atoms with van der Waals surface area (Å²) in [5.41, 5.74) is 1.06. The molecule has 3 rings (SSSR count). The Hall–Kier alpha value is -1.76. The average molecular weight is 367 g/mol. The second-order valence-electron chi connectivity index (χ2n) is 6.93. The van der Waals surface area contributed by atoms with E-state index in [1.807, 2.05) is 18.2 Å². The van der Waals surface area contributed by atoms with Crippen molar-refractivity contribution in [3.05, 3.63) is 23.8 Å². The molecular weight excluding hydrogens is 342 g/mol. The number of sulfone groups is 1. The lowest BCUT2D eigenvalue weighted by atomic mass is 9.90. The molecule has 2 aliphatic rings. The van der Waals surface area contributed by atoms with Gasteiger partial charge in [0, 0.05) is 12.5 Å². The fourth-order valence-electron chi connectivity index (χ4n) is 3.53. The number of carbonyl (C=O) groups excluding carboxylic acids is 1. The van der Waals surface area contributed by atoms with Gasteiger partial charge in [-0.15, -0.1) is 0 Å². The van der Waals surface area contributed by atoms with Crippen LogP contribution in [0.25, 0.3) is 0 Å². The first-order valence-electron chi connectivity index (χ1n) is 8.63. The normalized spacial score (nSPS) is 23.0. The van der Waals surface area contributed by atoms with Crippen LogP contribution in [0.15, 0.2) is 18.2 Å². The number of methoxy groups -OCH3 is 2. The summed E-state index contributed by atoms with van der Waals surface area (Å²) in [7, 11) is 0.207. The molecule has 1 amide bonds. The van der Waals surface area contributed by atoms with Crippen LogP contribution < -0.4 is 14.8 Å². The van der Waals surface area contributed by atoms with Gasteiger partial charge in [0.25, 0.3) is 0 Å². The molecule has 2 fully saturated rings. The Bertz CT molecular complexity index is 742. The van der Waals surface area contributed by atoms with E-state index in [-0.39, 0.29) is 29.4 Å². The molecule has 1 N–H and O–H groups in total. The third kappa shape index (κ3) is 4.45. The predicted molar refractivity (Wildman–Crippen MR) is 94.8 cm³/mol. The van der Waals surface area contributed by atoms with E-state index in [2.05, 4.69) is 5.32 Å². The fraction of sp³-hybridized carbons (Fsp3) is 0.611. The monoisotopic (exact) mass is 367 g/mol. The summed E-state index contributed by atoms with van der Waals surface area (Å²) in [6, 6.07) is 5.54. The van der Waals surface area contributed by atoms with Crippen molar-refractivity contribution < 1.29 is 22.7 Å². The molecule has 2 atom stereocenters. The maximum absolute atomic E-state index is 12.4. The van der Waals surface area contributed by atoms with Crippen LogP contribution in [0.5, 0.6) is 11.5 Å². The molecule has 0 aromatic heterocycles. The summed E-state index contributed by atoms with van der Waals surface area (Å²) < 4.78 is 33.7. The number of hydrogen-bond donors (Lipinski definition) is 1. The van der Waals surface area contributed by atoms with E-state index in [1.165, 1.54) is 0 Å². The van der Waals surface area contributed by atoms with E-state index < -0.39 is 9.84 Å². The lowest BCUT2D eigenvalue weighted by Crippen LogP contribution is -2.36.